The predicted molar refractivity (Wildman–Crippen MR) is 59.2 cm³/mol. The van der Waals surface area contributed by atoms with Gasteiger partial charge in [0.05, 0.1) is 13.2 Å². The third-order valence-corrected chi connectivity index (χ3v) is 3.12. The van der Waals surface area contributed by atoms with Crippen LogP contribution in [0.3, 0.4) is 0 Å². The van der Waals surface area contributed by atoms with Gasteiger partial charge in [-0.2, -0.15) is 0 Å². The van der Waals surface area contributed by atoms with Crippen molar-refractivity contribution < 1.29 is 14.3 Å². The number of hydrogen-bond acceptors (Lipinski definition) is 4. The average Bonchev–Trinajstić information content (AvgIpc) is 2.77. The maximum absolute atomic E-state index is 10.5. The molecule has 0 saturated carbocycles. The van der Waals surface area contributed by atoms with E-state index < -0.39 is 0 Å². The molecule has 1 aliphatic heterocycles. The molecule has 1 N–H and O–H groups in total. The van der Waals surface area contributed by atoms with E-state index in [0.717, 1.165) is 25.1 Å². The van der Waals surface area contributed by atoms with Crippen LogP contribution >= 0.6 is 0 Å². The number of furan rings is 1. The van der Waals surface area contributed by atoms with Gasteiger partial charge in [0.1, 0.15) is 5.76 Å². The Morgan fingerprint density at radius 2 is 2.38 bits per heavy atom. The van der Waals surface area contributed by atoms with Crippen LogP contribution < -0.4 is 0 Å². The molecular weight excluding hydrogens is 206 g/mol. The maximum atomic E-state index is 10.5. The highest BCUT2D eigenvalue weighted by atomic mass is 16.3. The summed E-state index contributed by atoms with van der Waals surface area (Å²) in [6, 6.07) is 3.74. The van der Waals surface area contributed by atoms with Crippen LogP contribution in [-0.4, -0.2) is 35.5 Å². The number of carbonyl (C=O) groups excluding carboxylic acids is 1. The number of aldehydes is 1. The molecular formula is C12H17NO3. The fourth-order valence-corrected chi connectivity index (χ4v) is 2.22. The minimum absolute atomic E-state index is 0.196. The minimum atomic E-state index is 0.196. The van der Waals surface area contributed by atoms with Crippen molar-refractivity contribution in [3.8, 4) is 0 Å². The van der Waals surface area contributed by atoms with Gasteiger partial charge in [-0.05, 0) is 31.5 Å². The standard InChI is InChI=1S/C12H17NO3/c14-8-10-3-1-2-6-13(10)7-11-4-5-12(9-15)16-11/h4-5,9-10,14H,1-3,6-8H2. The fourth-order valence-electron chi connectivity index (χ4n) is 2.22. The minimum Gasteiger partial charge on any atom is -0.457 e. The van der Waals surface area contributed by atoms with Crippen molar-refractivity contribution in [3.05, 3.63) is 23.7 Å². The van der Waals surface area contributed by atoms with Gasteiger partial charge < -0.3 is 9.52 Å². The van der Waals surface area contributed by atoms with Gasteiger partial charge in [0.25, 0.3) is 0 Å². The Kier molecular flexibility index (Phi) is 3.74. The Balaban J connectivity index is 1.98. The Labute approximate surface area is 94.9 Å². The first-order chi connectivity index (χ1) is 7.83. The topological polar surface area (TPSA) is 53.7 Å². The third kappa shape index (κ3) is 2.51. The zero-order chi connectivity index (χ0) is 11.4. The summed E-state index contributed by atoms with van der Waals surface area (Å²) in [5.41, 5.74) is 0. The zero-order valence-electron chi connectivity index (χ0n) is 9.26. The van der Waals surface area contributed by atoms with E-state index in [0.29, 0.717) is 18.6 Å². The smallest absolute Gasteiger partial charge is 0.185 e. The molecule has 0 aliphatic carbocycles. The highest BCUT2D eigenvalue weighted by molar-refractivity contribution is 5.70. The summed E-state index contributed by atoms with van der Waals surface area (Å²) in [5.74, 6) is 1.16. The summed E-state index contributed by atoms with van der Waals surface area (Å²) in [6.45, 7) is 1.86. The van der Waals surface area contributed by atoms with Gasteiger partial charge in [0, 0.05) is 6.04 Å². The molecule has 2 heterocycles. The summed E-state index contributed by atoms with van der Waals surface area (Å²) in [5, 5.41) is 9.26. The van der Waals surface area contributed by atoms with Crippen molar-refractivity contribution in [3.63, 3.8) is 0 Å². The number of carbonyl (C=O) groups is 1. The van der Waals surface area contributed by atoms with Crippen LogP contribution in [0.15, 0.2) is 16.5 Å². The molecule has 2 rings (SSSR count). The van der Waals surface area contributed by atoms with Gasteiger partial charge in [0.15, 0.2) is 12.0 Å². The van der Waals surface area contributed by atoms with Crippen LogP contribution in [0.25, 0.3) is 0 Å². The van der Waals surface area contributed by atoms with Crippen molar-refractivity contribution in [2.45, 2.75) is 31.8 Å². The van der Waals surface area contributed by atoms with Crippen LogP contribution in [0.5, 0.6) is 0 Å². The van der Waals surface area contributed by atoms with Crippen LogP contribution in [0, 0.1) is 0 Å². The highest BCUT2D eigenvalue weighted by Crippen LogP contribution is 2.19. The molecule has 1 aromatic heterocycles. The van der Waals surface area contributed by atoms with Crippen LogP contribution in [-0.2, 0) is 6.54 Å². The van der Waals surface area contributed by atoms with Gasteiger partial charge in [-0.15, -0.1) is 0 Å². The Morgan fingerprint density at radius 3 is 3.06 bits per heavy atom. The van der Waals surface area contributed by atoms with Crippen molar-refractivity contribution >= 4 is 6.29 Å². The maximum Gasteiger partial charge on any atom is 0.185 e. The molecule has 16 heavy (non-hydrogen) atoms. The lowest BCUT2D eigenvalue weighted by molar-refractivity contribution is 0.0777. The van der Waals surface area contributed by atoms with E-state index in [2.05, 4.69) is 4.90 Å². The van der Waals surface area contributed by atoms with Crippen LogP contribution in [0.1, 0.15) is 35.6 Å². The average molecular weight is 223 g/mol. The largest absolute Gasteiger partial charge is 0.457 e. The molecule has 0 radical (unpaired) electrons. The van der Waals surface area contributed by atoms with Crippen molar-refractivity contribution in [2.24, 2.45) is 0 Å². The van der Waals surface area contributed by atoms with Crippen molar-refractivity contribution in [1.82, 2.24) is 4.90 Å². The molecule has 1 aliphatic rings. The second-order valence-corrected chi connectivity index (χ2v) is 4.22. The number of nitrogens with zero attached hydrogens (tertiary/aromatic N) is 1. The molecule has 4 nitrogen and oxygen atoms in total. The molecule has 1 atom stereocenters. The Hall–Kier alpha value is -1.13. The quantitative estimate of drug-likeness (QED) is 0.785. The summed E-state index contributed by atoms with van der Waals surface area (Å²) in [7, 11) is 0. The van der Waals surface area contributed by atoms with E-state index in [1.807, 2.05) is 6.07 Å². The number of likely N-dealkylation sites (tertiary alicyclic amines) is 1. The Morgan fingerprint density at radius 1 is 1.50 bits per heavy atom. The second-order valence-electron chi connectivity index (χ2n) is 4.22. The summed E-state index contributed by atoms with van der Waals surface area (Å²) in [4.78, 5) is 12.7. The number of aliphatic hydroxyl groups excluding tert-OH is 1. The molecule has 88 valence electrons. The zero-order valence-corrected chi connectivity index (χ0v) is 9.26. The number of hydrogen-bond donors (Lipinski definition) is 1. The molecule has 1 unspecified atom stereocenters. The summed E-state index contributed by atoms with van der Waals surface area (Å²) < 4.78 is 5.34. The van der Waals surface area contributed by atoms with E-state index in [9.17, 15) is 9.90 Å². The van der Waals surface area contributed by atoms with Gasteiger partial charge >= 0.3 is 0 Å². The number of piperidine rings is 1. The lowest BCUT2D eigenvalue weighted by atomic mass is 10.0. The molecule has 1 fully saturated rings. The molecule has 0 aromatic carbocycles. The second kappa shape index (κ2) is 5.27. The fraction of sp³-hybridized carbons (Fsp3) is 0.583. The molecule has 0 spiro atoms. The van der Waals surface area contributed by atoms with Gasteiger partial charge in [0.2, 0.25) is 0 Å². The van der Waals surface area contributed by atoms with E-state index in [1.54, 1.807) is 6.07 Å². The highest BCUT2D eigenvalue weighted by Gasteiger charge is 2.22. The van der Waals surface area contributed by atoms with E-state index >= 15 is 0 Å². The first kappa shape index (κ1) is 11.4. The SMILES string of the molecule is O=Cc1ccc(CN2CCCCC2CO)o1. The number of aliphatic hydroxyl groups is 1. The van der Waals surface area contributed by atoms with Crippen molar-refractivity contribution in [2.75, 3.05) is 13.2 Å². The predicted octanol–water partition coefficient (Wildman–Crippen LogP) is 1.44. The summed E-state index contributed by atoms with van der Waals surface area (Å²) in [6.07, 6.45) is 4.10. The van der Waals surface area contributed by atoms with Crippen LogP contribution in [0.4, 0.5) is 0 Å². The van der Waals surface area contributed by atoms with E-state index in [-0.39, 0.29) is 12.6 Å². The van der Waals surface area contributed by atoms with Crippen molar-refractivity contribution in [1.29, 1.82) is 0 Å². The molecule has 1 saturated heterocycles. The first-order valence-electron chi connectivity index (χ1n) is 5.72. The number of rotatable bonds is 4. The molecule has 0 amide bonds. The van der Waals surface area contributed by atoms with Gasteiger partial charge in [-0.3, -0.25) is 9.69 Å². The van der Waals surface area contributed by atoms with E-state index in [1.165, 1.54) is 6.42 Å². The lowest BCUT2D eigenvalue weighted by Gasteiger charge is -2.33. The van der Waals surface area contributed by atoms with Crippen LogP contribution in [0.2, 0.25) is 0 Å². The third-order valence-electron chi connectivity index (χ3n) is 3.12. The molecule has 4 heteroatoms. The monoisotopic (exact) mass is 223 g/mol. The van der Waals surface area contributed by atoms with E-state index in [4.69, 9.17) is 4.42 Å². The molecule has 1 aromatic rings. The summed E-state index contributed by atoms with van der Waals surface area (Å²) >= 11 is 0. The molecule has 0 bridgehead atoms. The first-order valence-corrected chi connectivity index (χ1v) is 5.72. The van der Waals surface area contributed by atoms with Gasteiger partial charge in [-0.25, -0.2) is 0 Å². The normalized spacial score (nSPS) is 22.2. The lowest BCUT2D eigenvalue weighted by Crippen LogP contribution is -2.41. The van der Waals surface area contributed by atoms with Gasteiger partial charge in [-0.1, -0.05) is 6.42 Å². The Bertz CT molecular complexity index is 348.